The SMILES string of the molecule is Br[C@H]1C=CCC=N1. The Morgan fingerprint density at radius 1 is 1.71 bits per heavy atom. The summed E-state index contributed by atoms with van der Waals surface area (Å²) in [5, 5.41) is 0. The Balaban J connectivity index is 2.49. The van der Waals surface area contributed by atoms with Crippen LogP contribution in [0.3, 0.4) is 0 Å². The molecule has 0 bridgehead atoms. The van der Waals surface area contributed by atoms with Crippen LogP contribution >= 0.6 is 15.9 Å². The van der Waals surface area contributed by atoms with Gasteiger partial charge >= 0.3 is 0 Å². The normalized spacial score (nSPS) is 28.4. The molecule has 0 aromatic rings. The lowest BCUT2D eigenvalue weighted by molar-refractivity contribution is 1.14. The summed E-state index contributed by atoms with van der Waals surface area (Å²) in [6, 6.07) is 0. The van der Waals surface area contributed by atoms with Gasteiger partial charge in [-0.2, -0.15) is 0 Å². The molecule has 1 heterocycles. The zero-order valence-corrected chi connectivity index (χ0v) is 5.43. The van der Waals surface area contributed by atoms with E-state index in [4.69, 9.17) is 0 Å². The summed E-state index contributed by atoms with van der Waals surface area (Å²) in [6.07, 6.45) is 7.01. The molecule has 1 nitrogen and oxygen atoms in total. The maximum atomic E-state index is 4.03. The van der Waals surface area contributed by atoms with Gasteiger partial charge in [0.15, 0.2) is 0 Å². The van der Waals surface area contributed by atoms with Crippen LogP contribution in [0, 0.1) is 0 Å². The Hall–Kier alpha value is -0.110. The lowest BCUT2D eigenvalue weighted by Crippen LogP contribution is -1.91. The highest BCUT2D eigenvalue weighted by molar-refractivity contribution is 9.09. The summed E-state index contributed by atoms with van der Waals surface area (Å²) in [5.41, 5.74) is 0. The van der Waals surface area contributed by atoms with Crippen molar-refractivity contribution < 1.29 is 0 Å². The van der Waals surface area contributed by atoms with Gasteiger partial charge in [-0.15, -0.1) is 0 Å². The molecular formula is C5H6BrN. The third-order valence-electron chi connectivity index (χ3n) is 0.784. The zero-order chi connectivity index (χ0) is 5.11. The fourth-order valence-electron chi connectivity index (χ4n) is 0.463. The maximum Gasteiger partial charge on any atom is 0.122 e. The Kier molecular flexibility index (Phi) is 1.63. The number of halogens is 1. The molecule has 1 aliphatic rings. The Bertz CT molecular complexity index is 94.6. The molecule has 0 saturated carbocycles. The van der Waals surface area contributed by atoms with Crippen LogP contribution in [-0.4, -0.2) is 11.2 Å². The molecule has 0 N–H and O–H groups in total. The monoisotopic (exact) mass is 159 g/mol. The van der Waals surface area contributed by atoms with Gasteiger partial charge in [0.25, 0.3) is 0 Å². The third kappa shape index (κ3) is 1.43. The van der Waals surface area contributed by atoms with E-state index in [9.17, 15) is 0 Å². The molecule has 38 valence electrons. The van der Waals surface area contributed by atoms with Crippen LogP contribution in [-0.2, 0) is 0 Å². The number of aliphatic imine (C=N–C) groups is 1. The van der Waals surface area contributed by atoms with E-state index in [-0.39, 0.29) is 4.95 Å². The van der Waals surface area contributed by atoms with Crippen molar-refractivity contribution in [1.82, 2.24) is 0 Å². The third-order valence-corrected chi connectivity index (χ3v) is 1.33. The van der Waals surface area contributed by atoms with Gasteiger partial charge in [0.1, 0.15) is 4.95 Å². The number of hydrogen-bond acceptors (Lipinski definition) is 1. The number of alkyl halides is 1. The van der Waals surface area contributed by atoms with Crippen LogP contribution in [0.5, 0.6) is 0 Å². The molecule has 0 spiro atoms. The van der Waals surface area contributed by atoms with Crippen molar-refractivity contribution in [2.45, 2.75) is 11.4 Å². The quantitative estimate of drug-likeness (QED) is 0.290. The van der Waals surface area contributed by atoms with E-state index in [0.717, 1.165) is 6.42 Å². The molecule has 0 aliphatic carbocycles. The number of allylic oxidation sites excluding steroid dienone is 1. The average molecular weight is 160 g/mol. The fourth-order valence-corrected chi connectivity index (χ4v) is 0.846. The predicted molar refractivity (Wildman–Crippen MR) is 35.0 cm³/mol. The van der Waals surface area contributed by atoms with Crippen LogP contribution < -0.4 is 0 Å². The summed E-state index contributed by atoms with van der Waals surface area (Å²) >= 11 is 3.30. The Morgan fingerprint density at radius 2 is 2.57 bits per heavy atom. The first kappa shape index (κ1) is 5.04. The average Bonchev–Trinajstić information content (AvgIpc) is 1.69. The molecule has 0 aromatic heterocycles. The standard InChI is InChI=1S/C5H6BrN/c6-5-3-1-2-4-7-5/h1,3-5H,2H2/t5-/m1/s1. The lowest BCUT2D eigenvalue weighted by Gasteiger charge is -1.98. The molecule has 0 fully saturated rings. The second-order valence-corrected chi connectivity index (χ2v) is 2.31. The number of dihydropyridines is 1. The topological polar surface area (TPSA) is 12.4 Å². The van der Waals surface area contributed by atoms with Crippen molar-refractivity contribution in [1.29, 1.82) is 0 Å². The van der Waals surface area contributed by atoms with E-state index in [2.05, 4.69) is 27.0 Å². The Labute approximate surface area is 51.3 Å². The minimum atomic E-state index is 0.237. The first-order chi connectivity index (χ1) is 3.39. The predicted octanol–water partition coefficient (Wildman–Crippen LogP) is 1.74. The molecule has 0 saturated heterocycles. The first-order valence-corrected chi connectivity index (χ1v) is 3.13. The molecule has 1 atom stereocenters. The second kappa shape index (κ2) is 2.26. The van der Waals surface area contributed by atoms with Gasteiger partial charge in [0.2, 0.25) is 0 Å². The highest BCUT2D eigenvalue weighted by Gasteiger charge is 1.93. The van der Waals surface area contributed by atoms with Crippen molar-refractivity contribution in [3.63, 3.8) is 0 Å². The van der Waals surface area contributed by atoms with E-state index < -0.39 is 0 Å². The van der Waals surface area contributed by atoms with Gasteiger partial charge in [-0.25, -0.2) is 0 Å². The van der Waals surface area contributed by atoms with Crippen LogP contribution in [0.2, 0.25) is 0 Å². The minimum Gasteiger partial charge on any atom is -0.278 e. The van der Waals surface area contributed by atoms with E-state index in [0.29, 0.717) is 0 Å². The number of rotatable bonds is 0. The van der Waals surface area contributed by atoms with Gasteiger partial charge in [-0.3, -0.25) is 4.99 Å². The van der Waals surface area contributed by atoms with Crippen LogP contribution in [0.4, 0.5) is 0 Å². The van der Waals surface area contributed by atoms with E-state index >= 15 is 0 Å². The molecule has 7 heavy (non-hydrogen) atoms. The number of hydrogen-bond donors (Lipinski definition) is 0. The summed E-state index contributed by atoms with van der Waals surface area (Å²) in [6.45, 7) is 0. The van der Waals surface area contributed by atoms with Crippen molar-refractivity contribution >= 4 is 22.1 Å². The summed E-state index contributed by atoms with van der Waals surface area (Å²) in [7, 11) is 0. The Morgan fingerprint density at radius 3 is 2.86 bits per heavy atom. The molecule has 0 radical (unpaired) electrons. The highest BCUT2D eigenvalue weighted by Crippen LogP contribution is 2.05. The van der Waals surface area contributed by atoms with Crippen molar-refractivity contribution in [2.75, 3.05) is 0 Å². The molecule has 1 rings (SSSR count). The maximum absolute atomic E-state index is 4.03. The van der Waals surface area contributed by atoms with Crippen LogP contribution in [0.1, 0.15) is 6.42 Å². The van der Waals surface area contributed by atoms with E-state index in [1.807, 2.05) is 12.3 Å². The molecular weight excluding hydrogens is 154 g/mol. The van der Waals surface area contributed by atoms with E-state index in [1.54, 1.807) is 0 Å². The lowest BCUT2D eigenvalue weighted by atomic mass is 10.3. The van der Waals surface area contributed by atoms with Crippen molar-refractivity contribution in [3.05, 3.63) is 12.2 Å². The fraction of sp³-hybridized carbons (Fsp3) is 0.400. The summed E-state index contributed by atoms with van der Waals surface area (Å²) < 4.78 is 0. The summed E-state index contributed by atoms with van der Waals surface area (Å²) in [4.78, 5) is 4.27. The van der Waals surface area contributed by atoms with Gasteiger partial charge in [-0.05, 0) is 0 Å². The highest BCUT2D eigenvalue weighted by atomic mass is 79.9. The molecule has 2 heteroatoms. The largest absolute Gasteiger partial charge is 0.278 e. The van der Waals surface area contributed by atoms with Gasteiger partial charge < -0.3 is 0 Å². The van der Waals surface area contributed by atoms with Crippen LogP contribution in [0.25, 0.3) is 0 Å². The number of nitrogens with zero attached hydrogens (tertiary/aromatic N) is 1. The van der Waals surface area contributed by atoms with E-state index in [1.165, 1.54) is 0 Å². The van der Waals surface area contributed by atoms with Gasteiger partial charge in [-0.1, -0.05) is 28.1 Å². The first-order valence-electron chi connectivity index (χ1n) is 2.22. The minimum absolute atomic E-state index is 0.237. The van der Waals surface area contributed by atoms with Crippen molar-refractivity contribution in [3.8, 4) is 0 Å². The molecule has 0 unspecified atom stereocenters. The van der Waals surface area contributed by atoms with Crippen molar-refractivity contribution in [2.24, 2.45) is 4.99 Å². The van der Waals surface area contributed by atoms with Gasteiger partial charge in [0, 0.05) is 12.6 Å². The molecule has 1 aliphatic heterocycles. The van der Waals surface area contributed by atoms with Crippen LogP contribution in [0.15, 0.2) is 17.1 Å². The smallest absolute Gasteiger partial charge is 0.122 e. The molecule has 0 aromatic carbocycles. The zero-order valence-electron chi connectivity index (χ0n) is 3.84. The molecule has 0 amide bonds. The second-order valence-electron chi connectivity index (χ2n) is 1.37. The summed E-state index contributed by atoms with van der Waals surface area (Å²) in [5.74, 6) is 0. The van der Waals surface area contributed by atoms with Gasteiger partial charge in [0.05, 0.1) is 0 Å².